The molecule has 0 aromatic heterocycles. The van der Waals surface area contributed by atoms with Gasteiger partial charge in [-0.05, 0) is 0 Å². The molecule has 12 atom stereocenters. The molecule has 4 fully saturated rings. The number of ether oxygens (including phenoxy) is 7. The maximum Gasteiger partial charge on any atom is 1.00 e. The minimum atomic E-state index is -5.50. The third-order valence-electron chi connectivity index (χ3n) is 7.49. The summed E-state index contributed by atoms with van der Waals surface area (Å²) in [6.07, 6.45) is -18.7. The summed E-state index contributed by atoms with van der Waals surface area (Å²) < 4.78 is 119. The summed E-state index contributed by atoms with van der Waals surface area (Å²) in [6, 6.07) is 17.1. The first-order valence-electron chi connectivity index (χ1n) is 13.6. The summed E-state index contributed by atoms with van der Waals surface area (Å²) in [4.78, 5) is 0. The van der Waals surface area contributed by atoms with Gasteiger partial charge in [-0.1, -0.05) is 60.7 Å². The number of hydrogen-bond donors (Lipinski definition) is 2. The molecule has 4 aliphatic rings. The first-order valence-corrected chi connectivity index (χ1v) is 16.3. The topological polar surface area (TPSA) is 238 Å². The molecule has 2 N–H and O–H groups in total. The molecular formula is C26H28Na2O17S2. The van der Waals surface area contributed by atoms with Gasteiger partial charge in [0.2, 0.25) is 20.8 Å². The molecule has 47 heavy (non-hydrogen) atoms. The van der Waals surface area contributed by atoms with E-state index in [1.165, 1.54) is 0 Å². The average Bonchev–Trinajstić information content (AvgIpc) is 3.00. The van der Waals surface area contributed by atoms with Gasteiger partial charge < -0.3 is 52.5 Å². The van der Waals surface area contributed by atoms with E-state index in [0.717, 1.165) is 0 Å². The van der Waals surface area contributed by atoms with Crippen molar-refractivity contribution in [3.8, 4) is 0 Å². The van der Waals surface area contributed by atoms with Gasteiger partial charge in [-0.3, -0.25) is 8.37 Å². The maximum absolute atomic E-state index is 11.7. The van der Waals surface area contributed by atoms with Crippen LogP contribution in [-0.4, -0.2) is 111 Å². The van der Waals surface area contributed by atoms with Crippen molar-refractivity contribution in [1.82, 2.24) is 0 Å². The van der Waals surface area contributed by atoms with Gasteiger partial charge in [0.1, 0.15) is 36.6 Å². The van der Waals surface area contributed by atoms with Crippen LogP contribution in [0.15, 0.2) is 60.7 Å². The Morgan fingerprint density at radius 3 is 1.32 bits per heavy atom. The van der Waals surface area contributed by atoms with Crippen LogP contribution in [0.25, 0.3) is 0 Å². The van der Waals surface area contributed by atoms with Crippen molar-refractivity contribution in [2.24, 2.45) is 0 Å². The fourth-order valence-corrected chi connectivity index (χ4v) is 6.47. The zero-order valence-corrected chi connectivity index (χ0v) is 30.6. The Morgan fingerprint density at radius 1 is 0.617 bits per heavy atom. The molecule has 21 heteroatoms. The van der Waals surface area contributed by atoms with Crippen LogP contribution in [0, 0.1) is 0 Å². The summed E-state index contributed by atoms with van der Waals surface area (Å²) in [7, 11) is -11.0. The van der Waals surface area contributed by atoms with Gasteiger partial charge in [0.15, 0.2) is 37.4 Å². The van der Waals surface area contributed by atoms with Gasteiger partial charge >= 0.3 is 59.1 Å². The van der Waals surface area contributed by atoms with Crippen molar-refractivity contribution in [1.29, 1.82) is 0 Å². The summed E-state index contributed by atoms with van der Waals surface area (Å²) in [6.45, 7) is -0.428. The molecule has 248 valence electrons. The molecule has 4 heterocycles. The van der Waals surface area contributed by atoms with Crippen LogP contribution in [0.5, 0.6) is 0 Å². The van der Waals surface area contributed by atoms with Crippen molar-refractivity contribution >= 4 is 20.8 Å². The molecule has 4 saturated heterocycles. The quantitative estimate of drug-likeness (QED) is 0.146. The minimum Gasteiger partial charge on any atom is -0.726 e. The molecular weight excluding hydrogens is 694 g/mol. The second kappa shape index (κ2) is 16.4. The van der Waals surface area contributed by atoms with Gasteiger partial charge in [-0.2, -0.15) is 0 Å². The fraction of sp³-hybridized carbons (Fsp3) is 0.538. The molecule has 2 aromatic rings. The maximum atomic E-state index is 11.7. The first kappa shape index (κ1) is 39.6. The number of aliphatic hydroxyl groups is 2. The van der Waals surface area contributed by atoms with E-state index in [1.807, 2.05) is 0 Å². The Labute approximate surface area is 314 Å². The van der Waals surface area contributed by atoms with E-state index in [-0.39, 0.29) is 72.3 Å². The van der Waals surface area contributed by atoms with Crippen molar-refractivity contribution in [3.05, 3.63) is 71.8 Å². The Morgan fingerprint density at radius 2 is 0.979 bits per heavy atom. The minimum absolute atomic E-state index is 0. The molecule has 0 aliphatic carbocycles. The van der Waals surface area contributed by atoms with Crippen molar-refractivity contribution < 1.29 is 137 Å². The summed E-state index contributed by atoms with van der Waals surface area (Å²) >= 11 is 0. The van der Waals surface area contributed by atoms with Gasteiger partial charge in [-0.15, -0.1) is 0 Å². The first-order chi connectivity index (χ1) is 21.4. The third kappa shape index (κ3) is 9.58. The van der Waals surface area contributed by atoms with Gasteiger partial charge in [-0.25, -0.2) is 16.8 Å². The number of rotatable bonds is 8. The Hall–Kier alpha value is -0.180. The van der Waals surface area contributed by atoms with Gasteiger partial charge in [0.25, 0.3) is 0 Å². The van der Waals surface area contributed by atoms with Crippen molar-refractivity contribution in [2.45, 2.75) is 74.0 Å². The van der Waals surface area contributed by atoms with Crippen LogP contribution < -0.4 is 59.1 Å². The molecule has 0 radical (unpaired) electrons. The van der Waals surface area contributed by atoms with E-state index >= 15 is 0 Å². The predicted octanol–water partition coefficient (Wildman–Crippen LogP) is -6.90. The van der Waals surface area contributed by atoms with Gasteiger partial charge in [0, 0.05) is 11.1 Å². The second-order valence-corrected chi connectivity index (χ2v) is 12.5. The zero-order valence-electron chi connectivity index (χ0n) is 25.0. The van der Waals surface area contributed by atoms with Crippen LogP contribution in [0.2, 0.25) is 0 Å². The van der Waals surface area contributed by atoms with E-state index in [2.05, 4.69) is 8.37 Å². The van der Waals surface area contributed by atoms with Gasteiger partial charge in [0.05, 0.1) is 13.2 Å². The van der Waals surface area contributed by atoms with E-state index in [4.69, 9.17) is 33.2 Å². The molecule has 2 unspecified atom stereocenters. The van der Waals surface area contributed by atoms with Crippen molar-refractivity contribution in [3.63, 3.8) is 0 Å². The van der Waals surface area contributed by atoms with E-state index < -0.39 is 94.8 Å². The van der Waals surface area contributed by atoms with Crippen LogP contribution in [-0.2, 0) is 62.3 Å². The predicted molar refractivity (Wildman–Crippen MR) is 140 cm³/mol. The van der Waals surface area contributed by atoms with Crippen LogP contribution in [0.4, 0.5) is 0 Å². The summed E-state index contributed by atoms with van der Waals surface area (Å²) in [5.41, 5.74) is 1.14. The average molecular weight is 723 g/mol. The Kier molecular flexibility index (Phi) is 13.9. The SMILES string of the molecule is O=S(=O)([O-])O[C@H]1[C@@H](O[C@H]2O[C@@H]3COC(c4ccccc4)O[C@H]3[C@H](O)[C@H]2OS(=O)(=O)[O-])O[C@@H]2COC(c3ccccc3)O[C@H]2[C@@H]1O.[Na+].[Na+]. The largest absolute Gasteiger partial charge is 1.00 e. The summed E-state index contributed by atoms with van der Waals surface area (Å²) in [5.74, 6) is 0. The summed E-state index contributed by atoms with van der Waals surface area (Å²) in [5, 5.41) is 22.3. The van der Waals surface area contributed by atoms with E-state index in [1.54, 1.807) is 60.7 Å². The molecule has 0 bridgehead atoms. The number of hydrogen-bond acceptors (Lipinski definition) is 17. The number of fused-ring (bicyclic) bond motifs is 2. The normalized spacial score (nSPS) is 37.4. The smallest absolute Gasteiger partial charge is 0.726 e. The Bertz CT molecular complexity index is 1410. The molecule has 6 rings (SSSR count). The molecule has 4 aliphatic heterocycles. The number of aliphatic hydroxyl groups excluding tert-OH is 2. The van der Waals surface area contributed by atoms with E-state index in [9.17, 15) is 36.2 Å². The third-order valence-corrected chi connectivity index (χ3v) is 8.40. The van der Waals surface area contributed by atoms with Crippen molar-refractivity contribution in [2.75, 3.05) is 13.2 Å². The second-order valence-electron chi connectivity index (χ2n) is 10.5. The number of benzene rings is 2. The molecule has 0 saturated carbocycles. The monoisotopic (exact) mass is 722 g/mol. The molecule has 2 aromatic carbocycles. The molecule has 17 nitrogen and oxygen atoms in total. The molecule has 0 amide bonds. The zero-order chi connectivity index (χ0) is 31.9. The van der Waals surface area contributed by atoms with E-state index in [0.29, 0.717) is 11.1 Å². The van der Waals surface area contributed by atoms with Crippen LogP contribution in [0.3, 0.4) is 0 Å². The molecule has 0 spiro atoms. The van der Waals surface area contributed by atoms with Crippen LogP contribution in [0.1, 0.15) is 23.7 Å². The Balaban J connectivity index is 0.00000250. The fourth-order valence-electron chi connectivity index (χ4n) is 5.52. The van der Waals surface area contributed by atoms with Crippen LogP contribution >= 0.6 is 0 Å². The standard InChI is InChI=1S/C26H30O17S2.2Na/c27-17-19-15(11-35-23(39-19)13-7-3-1-4-8-13)37-25(21(17)42-44(29,30)31)41-26-22(43-45(32,33)34)18(28)20-16(38-26)12-36-24(40-20)14-9-5-2-6-10-14;;/h1-10,15-28H,11-12H2,(H,29,30,31)(H,32,33,34);;/q;2*+1/p-2/t15-,16-,17+,18+,19-,20-,21-,22-,23?,24?,25-,26-;;/m1../s1.